The van der Waals surface area contributed by atoms with Crippen molar-refractivity contribution in [3.8, 4) is 11.3 Å². The lowest BCUT2D eigenvalue weighted by molar-refractivity contribution is 0.560. The van der Waals surface area contributed by atoms with Crippen molar-refractivity contribution in [1.29, 1.82) is 0 Å². The maximum Gasteiger partial charge on any atom is 0.331 e. The molecule has 0 saturated carbocycles. The summed E-state index contributed by atoms with van der Waals surface area (Å²) in [6.45, 7) is 9.05. The van der Waals surface area contributed by atoms with Crippen LogP contribution in [0.3, 0.4) is 0 Å². The van der Waals surface area contributed by atoms with E-state index in [2.05, 4.69) is 39.8 Å². The van der Waals surface area contributed by atoms with Gasteiger partial charge in [0.05, 0.1) is 18.7 Å². The van der Waals surface area contributed by atoms with E-state index in [4.69, 9.17) is 4.42 Å². The molecule has 0 bridgehead atoms. The number of hydrogen-bond acceptors (Lipinski definition) is 3. The summed E-state index contributed by atoms with van der Waals surface area (Å²) in [5, 5.41) is 0.949. The summed E-state index contributed by atoms with van der Waals surface area (Å²) >= 11 is 0. The van der Waals surface area contributed by atoms with Crippen LogP contribution in [0.5, 0.6) is 0 Å². The Labute approximate surface area is 210 Å². The van der Waals surface area contributed by atoms with Crippen molar-refractivity contribution in [2.24, 2.45) is 0 Å². The minimum atomic E-state index is -0.360. The Hall–Kier alpha value is -4.12. The number of furan rings is 1. The van der Waals surface area contributed by atoms with Crippen molar-refractivity contribution in [3.63, 3.8) is 0 Å². The molecule has 5 heteroatoms. The molecular weight excluding hydrogens is 448 g/mol. The van der Waals surface area contributed by atoms with Crippen LogP contribution in [-0.2, 0) is 18.5 Å². The van der Waals surface area contributed by atoms with E-state index >= 15 is 0 Å². The second-order valence-corrected chi connectivity index (χ2v) is 10.4. The molecule has 182 valence electrons. The summed E-state index contributed by atoms with van der Waals surface area (Å²) in [5.74, 6) is 0.467. The van der Waals surface area contributed by atoms with Crippen LogP contribution in [0.4, 0.5) is 0 Å². The molecule has 0 spiro atoms. The van der Waals surface area contributed by atoms with Gasteiger partial charge in [0.2, 0.25) is 0 Å². The van der Waals surface area contributed by atoms with Gasteiger partial charge in [-0.2, -0.15) is 0 Å². The third-order valence-corrected chi connectivity index (χ3v) is 6.45. The molecule has 0 radical (unpaired) electrons. The van der Waals surface area contributed by atoms with Gasteiger partial charge in [-0.1, -0.05) is 87.5 Å². The predicted molar refractivity (Wildman–Crippen MR) is 145 cm³/mol. The number of aryl methyl sites for hydroxylation is 1. The molecule has 5 nitrogen and oxygen atoms in total. The fourth-order valence-electron chi connectivity index (χ4n) is 4.61. The zero-order chi connectivity index (χ0) is 25.4. The molecule has 3 aromatic carbocycles. The first-order valence-electron chi connectivity index (χ1n) is 12.2. The normalized spacial score (nSPS) is 11.8. The van der Waals surface area contributed by atoms with Gasteiger partial charge < -0.3 is 4.42 Å². The highest BCUT2D eigenvalue weighted by atomic mass is 16.3. The van der Waals surface area contributed by atoms with E-state index in [1.54, 1.807) is 10.8 Å². The van der Waals surface area contributed by atoms with E-state index in [9.17, 15) is 9.59 Å². The molecule has 2 heterocycles. The van der Waals surface area contributed by atoms with Crippen LogP contribution in [0.1, 0.15) is 43.0 Å². The van der Waals surface area contributed by atoms with E-state index in [0.29, 0.717) is 17.9 Å². The predicted octanol–water partition coefficient (Wildman–Crippen LogP) is 6.13. The summed E-state index contributed by atoms with van der Waals surface area (Å²) in [6.07, 6.45) is 1.64. The molecule has 0 N–H and O–H groups in total. The van der Waals surface area contributed by atoms with E-state index in [1.165, 1.54) is 4.57 Å². The van der Waals surface area contributed by atoms with E-state index in [0.717, 1.165) is 33.2 Å². The summed E-state index contributed by atoms with van der Waals surface area (Å²) in [7, 11) is 0. The first-order valence-corrected chi connectivity index (χ1v) is 12.2. The number of nitrogens with zero attached hydrogens (tertiary/aromatic N) is 2. The van der Waals surface area contributed by atoms with Crippen LogP contribution >= 0.6 is 0 Å². The third-order valence-electron chi connectivity index (χ3n) is 6.45. The number of benzene rings is 3. The van der Waals surface area contributed by atoms with Crippen LogP contribution in [0.2, 0.25) is 0 Å². The molecule has 5 aromatic rings. The largest absolute Gasteiger partial charge is 0.456 e. The highest BCUT2D eigenvalue weighted by molar-refractivity contribution is 5.86. The first kappa shape index (κ1) is 23.6. The van der Waals surface area contributed by atoms with Crippen molar-refractivity contribution in [3.05, 3.63) is 128 Å². The Morgan fingerprint density at radius 2 is 1.42 bits per heavy atom. The van der Waals surface area contributed by atoms with Gasteiger partial charge in [0.1, 0.15) is 11.3 Å². The summed E-state index contributed by atoms with van der Waals surface area (Å²) in [4.78, 5) is 27.2. The van der Waals surface area contributed by atoms with Gasteiger partial charge in [0.15, 0.2) is 0 Å². The Morgan fingerprint density at radius 3 is 2.03 bits per heavy atom. The van der Waals surface area contributed by atoms with Crippen molar-refractivity contribution in [2.45, 2.75) is 46.2 Å². The van der Waals surface area contributed by atoms with Crippen LogP contribution in [0.25, 0.3) is 22.3 Å². The number of fused-ring (bicyclic) bond motifs is 1. The monoisotopic (exact) mass is 478 g/mol. The van der Waals surface area contributed by atoms with E-state index < -0.39 is 0 Å². The maximum absolute atomic E-state index is 13.7. The topological polar surface area (TPSA) is 57.1 Å². The number of hydrogen-bond donors (Lipinski definition) is 0. The molecule has 0 aliphatic rings. The molecular formula is C31H30N2O3. The van der Waals surface area contributed by atoms with Crippen molar-refractivity contribution in [1.82, 2.24) is 9.13 Å². The minimum absolute atomic E-state index is 0.126. The SMILES string of the molecule is Cc1cc(C(C)(C)C)c2oc(-c3cn(Cc4ccccc4)c(=O)n(Cc4ccccc4)c3=O)cc2c1. The number of rotatable bonds is 5. The van der Waals surface area contributed by atoms with E-state index in [1.807, 2.05) is 66.7 Å². The molecule has 2 aromatic heterocycles. The molecule has 36 heavy (non-hydrogen) atoms. The Kier molecular flexibility index (Phi) is 6.00. The molecule has 0 amide bonds. The average molecular weight is 479 g/mol. The fourth-order valence-corrected chi connectivity index (χ4v) is 4.61. The zero-order valence-electron chi connectivity index (χ0n) is 21.1. The van der Waals surface area contributed by atoms with Gasteiger partial charge in [-0.15, -0.1) is 0 Å². The van der Waals surface area contributed by atoms with Gasteiger partial charge in [-0.3, -0.25) is 13.9 Å². The quantitative estimate of drug-likeness (QED) is 0.306. The fraction of sp³-hybridized carbons (Fsp3) is 0.226. The van der Waals surface area contributed by atoms with Gasteiger partial charge in [-0.05, 0) is 41.2 Å². The highest BCUT2D eigenvalue weighted by Gasteiger charge is 2.23. The molecule has 0 saturated heterocycles. The second kappa shape index (κ2) is 9.15. The van der Waals surface area contributed by atoms with Gasteiger partial charge >= 0.3 is 5.69 Å². The lowest BCUT2D eigenvalue weighted by Crippen LogP contribution is -2.40. The Morgan fingerprint density at radius 1 is 0.806 bits per heavy atom. The van der Waals surface area contributed by atoms with Crippen molar-refractivity contribution < 1.29 is 4.42 Å². The van der Waals surface area contributed by atoms with Gasteiger partial charge in [0, 0.05) is 17.1 Å². The standard InChI is InChI=1S/C31H30N2O3/c1-21-15-24-17-27(36-28(24)26(16-21)31(2,3)4)25-20-32(18-22-11-7-5-8-12-22)30(35)33(29(25)34)19-23-13-9-6-10-14-23/h5-17,20H,18-19H2,1-4H3. The van der Waals surface area contributed by atoms with Crippen LogP contribution in [-0.4, -0.2) is 9.13 Å². The van der Waals surface area contributed by atoms with E-state index in [-0.39, 0.29) is 23.2 Å². The van der Waals surface area contributed by atoms with Gasteiger partial charge in [0.25, 0.3) is 5.56 Å². The Bertz CT molecular complexity index is 1650. The lowest BCUT2D eigenvalue weighted by atomic mass is 9.85. The first-order chi connectivity index (χ1) is 17.2. The molecule has 0 aliphatic heterocycles. The van der Waals surface area contributed by atoms with Crippen molar-refractivity contribution >= 4 is 11.0 Å². The Balaban J connectivity index is 1.72. The molecule has 0 unspecified atom stereocenters. The zero-order valence-corrected chi connectivity index (χ0v) is 21.1. The third kappa shape index (κ3) is 4.57. The molecule has 0 aliphatic carbocycles. The second-order valence-electron chi connectivity index (χ2n) is 10.4. The molecule has 5 rings (SSSR count). The van der Waals surface area contributed by atoms with Gasteiger partial charge in [-0.25, -0.2) is 4.79 Å². The number of aromatic nitrogens is 2. The summed E-state index contributed by atoms with van der Waals surface area (Å²) in [5.41, 5.74) is 4.40. The highest BCUT2D eigenvalue weighted by Crippen LogP contribution is 2.35. The lowest BCUT2D eigenvalue weighted by Gasteiger charge is -2.19. The van der Waals surface area contributed by atoms with Crippen molar-refractivity contribution in [2.75, 3.05) is 0 Å². The molecule has 0 atom stereocenters. The smallest absolute Gasteiger partial charge is 0.331 e. The maximum atomic E-state index is 13.7. The summed E-state index contributed by atoms with van der Waals surface area (Å²) in [6, 6.07) is 25.4. The van der Waals surface area contributed by atoms with Crippen LogP contribution in [0, 0.1) is 6.92 Å². The van der Waals surface area contributed by atoms with Crippen LogP contribution in [0.15, 0.2) is 99.1 Å². The average Bonchev–Trinajstić information content (AvgIpc) is 3.27. The minimum Gasteiger partial charge on any atom is -0.456 e. The summed E-state index contributed by atoms with van der Waals surface area (Å²) < 4.78 is 9.27. The van der Waals surface area contributed by atoms with Crippen LogP contribution < -0.4 is 11.2 Å². The molecule has 0 fully saturated rings.